The molecule has 1 fully saturated rings. The minimum atomic E-state index is -0.354. The number of hydrogen-bond acceptors (Lipinski definition) is 3. The number of urea groups is 1. The van der Waals surface area contributed by atoms with E-state index in [4.69, 9.17) is 4.98 Å². The Bertz CT molecular complexity index is 922. The quantitative estimate of drug-likeness (QED) is 0.648. The number of nitrogens with one attached hydrogen (secondary N) is 1. The minimum absolute atomic E-state index is 0.0324. The van der Waals surface area contributed by atoms with E-state index in [9.17, 15) is 9.18 Å². The second-order valence-corrected chi connectivity index (χ2v) is 7.68. The van der Waals surface area contributed by atoms with Crippen molar-refractivity contribution in [3.63, 3.8) is 0 Å². The SMILES string of the molecule is Cc1ccc(F)cc1NC(=O)N1CCCCC1c1nc2ccccc2s1. The molecule has 4 rings (SSSR count). The van der Waals surface area contributed by atoms with Crippen molar-refractivity contribution in [1.29, 1.82) is 0 Å². The van der Waals surface area contributed by atoms with Crippen molar-refractivity contribution < 1.29 is 9.18 Å². The lowest BCUT2D eigenvalue weighted by Crippen LogP contribution is -2.41. The molecule has 2 heterocycles. The van der Waals surface area contributed by atoms with Crippen LogP contribution in [0.5, 0.6) is 0 Å². The summed E-state index contributed by atoms with van der Waals surface area (Å²) >= 11 is 1.64. The first-order valence-corrected chi connectivity index (χ1v) is 9.63. The minimum Gasteiger partial charge on any atom is -0.315 e. The van der Waals surface area contributed by atoms with E-state index in [1.54, 1.807) is 17.4 Å². The van der Waals surface area contributed by atoms with Gasteiger partial charge in [-0.2, -0.15) is 0 Å². The van der Waals surface area contributed by atoms with Gasteiger partial charge in [0, 0.05) is 12.2 Å². The van der Waals surface area contributed by atoms with Gasteiger partial charge in [-0.05, 0) is 56.0 Å². The lowest BCUT2D eigenvalue weighted by molar-refractivity contribution is 0.163. The lowest BCUT2D eigenvalue weighted by atomic mass is 10.0. The van der Waals surface area contributed by atoms with E-state index in [2.05, 4.69) is 11.4 Å². The number of likely N-dealkylation sites (tertiary alicyclic amines) is 1. The number of nitrogens with zero attached hydrogens (tertiary/aromatic N) is 2. The fraction of sp³-hybridized carbons (Fsp3) is 0.300. The molecule has 0 radical (unpaired) electrons. The number of aromatic nitrogens is 1. The standard InChI is InChI=1S/C20H20FN3OS/c1-13-9-10-14(21)12-16(13)23-20(25)24-11-5-4-7-17(24)19-22-15-6-2-3-8-18(15)26-19/h2-3,6,8-10,12,17H,4-5,7,11H2,1H3,(H,23,25). The average Bonchev–Trinajstić information content (AvgIpc) is 3.09. The maximum absolute atomic E-state index is 13.5. The summed E-state index contributed by atoms with van der Waals surface area (Å²) in [6, 6.07) is 12.2. The number of para-hydroxylation sites is 1. The molecular weight excluding hydrogens is 349 g/mol. The van der Waals surface area contributed by atoms with Gasteiger partial charge in [-0.1, -0.05) is 18.2 Å². The van der Waals surface area contributed by atoms with Gasteiger partial charge in [0.1, 0.15) is 10.8 Å². The molecule has 1 aliphatic rings. The Kier molecular flexibility index (Phi) is 4.59. The summed E-state index contributed by atoms with van der Waals surface area (Å²) in [4.78, 5) is 19.5. The number of fused-ring (bicyclic) bond motifs is 1. The highest BCUT2D eigenvalue weighted by molar-refractivity contribution is 7.18. The number of benzene rings is 2. The predicted octanol–water partition coefficient (Wildman–Crippen LogP) is 5.50. The van der Waals surface area contributed by atoms with Crippen LogP contribution in [0.2, 0.25) is 0 Å². The zero-order valence-electron chi connectivity index (χ0n) is 14.5. The second-order valence-electron chi connectivity index (χ2n) is 6.61. The molecular formula is C20H20FN3OS. The normalized spacial score (nSPS) is 17.5. The Morgan fingerprint density at radius 1 is 1.27 bits per heavy atom. The molecule has 26 heavy (non-hydrogen) atoms. The van der Waals surface area contributed by atoms with Crippen LogP contribution in [0, 0.1) is 12.7 Å². The summed E-state index contributed by atoms with van der Waals surface area (Å²) in [6.07, 6.45) is 2.94. The van der Waals surface area contributed by atoms with Crippen molar-refractivity contribution in [3.05, 3.63) is 58.9 Å². The number of carbonyl (C=O) groups excluding carboxylic acids is 1. The molecule has 134 valence electrons. The smallest absolute Gasteiger partial charge is 0.315 e. The molecule has 1 N–H and O–H groups in total. The molecule has 3 aromatic rings. The van der Waals surface area contributed by atoms with Crippen LogP contribution in [0.15, 0.2) is 42.5 Å². The number of carbonyl (C=O) groups is 1. The number of rotatable bonds is 2. The summed E-state index contributed by atoms with van der Waals surface area (Å²) in [6.45, 7) is 2.54. The number of anilines is 1. The van der Waals surface area contributed by atoms with Crippen LogP contribution in [-0.2, 0) is 0 Å². The molecule has 1 unspecified atom stereocenters. The third-order valence-corrected chi connectivity index (χ3v) is 5.94. The molecule has 2 amide bonds. The van der Waals surface area contributed by atoms with Crippen molar-refractivity contribution in [2.75, 3.05) is 11.9 Å². The molecule has 1 saturated heterocycles. The predicted molar refractivity (Wildman–Crippen MR) is 103 cm³/mol. The molecule has 0 bridgehead atoms. The molecule has 1 atom stereocenters. The summed E-state index contributed by atoms with van der Waals surface area (Å²) in [7, 11) is 0. The molecule has 0 spiro atoms. The van der Waals surface area contributed by atoms with Crippen LogP contribution in [0.3, 0.4) is 0 Å². The van der Waals surface area contributed by atoms with Crippen molar-refractivity contribution in [2.24, 2.45) is 0 Å². The summed E-state index contributed by atoms with van der Waals surface area (Å²) in [5.74, 6) is -0.354. The molecule has 4 nitrogen and oxygen atoms in total. The molecule has 0 aliphatic carbocycles. The van der Waals surface area contributed by atoms with Gasteiger partial charge in [-0.15, -0.1) is 11.3 Å². The van der Waals surface area contributed by atoms with Crippen LogP contribution in [0.1, 0.15) is 35.9 Å². The Morgan fingerprint density at radius 3 is 2.96 bits per heavy atom. The molecule has 0 saturated carbocycles. The van der Waals surface area contributed by atoms with Gasteiger partial charge in [-0.3, -0.25) is 0 Å². The first kappa shape index (κ1) is 17.0. The van der Waals surface area contributed by atoms with Gasteiger partial charge in [-0.25, -0.2) is 14.2 Å². The topological polar surface area (TPSA) is 45.2 Å². The van der Waals surface area contributed by atoms with Crippen molar-refractivity contribution in [2.45, 2.75) is 32.2 Å². The van der Waals surface area contributed by atoms with Gasteiger partial charge in [0.2, 0.25) is 0 Å². The molecule has 6 heteroatoms. The highest BCUT2D eigenvalue weighted by Gasteiger charge is 2.30. The fourth-order valence-corrected chi connectivity index (χ4v) is 4.50. The highest BCUT2D eigenvalue weighted by atomic mass is 32.1. The Labute approximate surface area is 155 Å². The van der Waals surface area contributed by atoms with E-state index < -0.39 is 0 Å². The number of halogens is 1. The second kappa shape index (κ2) is 7.03. The highest BCUT2D eigenvalue weighted by Crippen LogP contribution is 2.36. The van der Waals surface area contributed by atoms with E-state index in [0.717, 1.165) is 40.1 Å². The van der Waals surface area contributed by atoms with E-state index in [1.165, 1.54) is 12.1 Å². The van der Waals surface area contributed by atoms with Gasteiger partial charge < -0.3 is 10.2 Å². The van der Waals surface area contributed by atoms with Crippen molar-refractivity contribution >= 4 is 33.3 Å². The molecule has 1 aromatic heterocycles. The Balaban J connectivity index is 1.60. The number of aryl methyl sites for hydroxylation is 1. The summed E-state index contributed by atoms with van der Waals surface area (Å²) < 4.78 is 14.7. The molecule has 2 aromatic carbocycles. The molecule has 1 aliphatic heterocycles. The number of piperidine rings is 1. The van der Waals surface area contributed by atoms with Gasteiger partial charge in [0.25, 0.3) is 0 Å². The number of hydrogen-bond donors (Lipinski definition) is 1. The number of thiazole rings is 1. The van der Waals surface area contributed by atoms with Crippen LogP contribution >= 0.6 is 11.3 Å². The first-order valence-electron chi connectivity index (χ1n) is 8.81. The Morgan fingerprint density at radius 2 is 2.12 bits per heavy atom. The van der Waals surface area contributed by atoms with Gasteiger partial charge in [0.15, 0.2) is 0 Å². The lowest BCUT2D eigenvalue weighted by Gasteiger charge is -2.34. The van der Waals surface area contributed by atoms with E-state index in [-0.39, 0.29) is 17.9 Å². The van der Waals surface area contributed by atoms with Crippen molar-refractivity contribution in [1.82, 2.24) is 9.88 Å². The third kappa shape index (κ3) is 3.29. The van der Waals surface area contributed by atoms with E-state index in [0.29, 0.717) is 12.2 Å². The maximum Gasteiger partial charge on any atom is 0.322 e. The number of amides is 2. The Hall–Kier alpha value is -2.47. The maximum atomic E-state index is 13.5. The van der Waals surface area contributed by atoms with E-state index >= 15 is 0 Å². The first-order chi connectivity index (χ1) is 12.6. The summed E-state index contributed by atoms with van der Waals surface area (Å²) in [5, 5.41) is 3.85. The van der Waals surface area contributed by atoms with Crippen LogP contribution in [0.25, 0.3) is 10.2 Å². The summed E-state index contributed by atoms with van der Waals surface area (Å²) in [5.41, 5.74) is 2.33. The van der Waals surface area contributed by atoms with Crippen LogP contribution in [0.4, 0.5) is 14.9 Å². The van der Waals surface area contributed by atoms with Crippen molar-refractivity contribution in [3.8, 4) is 0 Å². The monoisotopic (exact) mass is 369 g/mol. The van der Waals surface area contributed by atoms with Crippen LogP contribution < -0.4 is 5.32 Å². The van der Waals surface area contributed by atoms with Crippen LogP contribution in [-0.4, -0.2) is 22.5 Å². The third-order valence-electron chi connectivity index (χ3n) is 4.80. The van der Waals surface area contributed by atoms with Gasteiger partial charge in [0.05, 0.1) is 16.3 Å². The van der Waals surface area contributed by atoms with E-state index in [1.807, 2.05) is 30.0 Å². The van der Waals surface area contributed by atoms with Gasteiger partial charge >= 0.3 is 6.03 Å². The zero-order chi connectivity index (χ0) is 18.1. The largest absolute Gasteiger partial charge is 0.322 e. The fourth-order valence-electron chi connectivity index (χ4n) is 3.38. The zero-order valence-corrected chi connectivity index (χ0v) is 15.4. The average molecular weight is 369 g/mol.